The molecule has 134 valence electrons. The molecular weight excluding hydrogens is 342 g/mol. The van der Waals surface area contributed by atoms with E-state index in [-0.39, 0.29) is 29.9 Å². The molecule has 7 nitrogen and oxygen atoms in total. The van der Waals surface area contributed by atoms with Crippen LogP contribution in [0.25, 0.3) is 10.2 Å². The van der Waals surface area contributed by atoms with Crippen LogP contribution >= 0.6 is 11.3 Å². The minimum atomic E-state index is -0.279. The highest BCUT2D eigenvalue weighted by Crippen LogP contribution is 2.30. The van der Waals surface area contributed by atoms with Crippen LogP contribution in [0.4, 0.5) is 0 Å². The number of esters is 1. The lowest BCUT2D eigenvalue weighted by Gasteiger charge is -2.35. The van der Waals surface area contributed by atoms with Gasteiger partial charge in [-0.25, -0.2) is 4.98 Å². The third-order valence-corrected chi connectivity index (χ3v) is 5.71. The van der Waals surface area contributed by atoms with Crippen molar-refractivity contribution < 1.29 is 14.3 Å². The van der Waals surface area contributed by atoms with Crippen molar-refractivity contribution in [3.05, 3.63) is 27.1 Å². The van der Waals surface area contributed by atoms with Crippen LogP contribution in [0.2, 0.25) is 0 Å². The summed E-state index contributed by atoms with van der Waals surface area (Å²) in [5, 5.41) is 0.467. The summed E-state index contributed by atoms with van der Waals surface area (Å²) in [6, 6.07) is -0.156. The highest BCUT2D eigenvalue weighted by Gasteiger charge is 2.32. The fourth-order valence-electron chi connectivity index (χ4n) is 3.31. The predicted octanol–water partition coefficient (Wildman–Crippen LogP) is 2.24. The Morgan fingerprint density at radius 1 is 1.44 bits per heavy atom. The van der Waals surface area contributed by atoms with Gasteiger partial charge in [0.1, 0.15) is 4.83 Å². The van der Waals surface area contributed by atoms with Gasteiger partial charge in [-0.2, -0.15) is 0 Å². The van der Waals surface area contributed by atoms with Gasteiger partial charge in [-0.15, -0.1) is 11.3 Å². The highest BCUT2D eigenvalue weighted by atomic mass is 32.1. The first-order valence-corrected chi connectivity index (χ1v) is 9.28. The molecular formula is C17H21N3O4S. The van der Waals surface area contributed by atoms with E-state index in [0.717, 1.165) is 19.3 Å². The van der Waals surface area contributed by atoms with E-state index in [1.807, 2.05) is 0 Å². The molecule has 0 radical (unpaired) electrons. The first-order chi connectivity index (χ1) is 12.0. The number of aromatic nitrogens is 2. The van der Waals surface area contributed by atoms with Crippen LogP contribution in [-0.2, 0) is 9.53 Å². The van der Waals surface area contributed by atoms with E-state index in [0.29, 0.717) is 33.8 Å². The van der Waals surface area contributed by atoms with Crippen LogP contribution in [0, 0.1) is 6.92 Å². The van der Waals surface area contributed by atoms with Gasteiger partial charge >= 0.3 is 5.97 Å². The summed E-state index contributed by atoms with van der Waals surface area (Å²) in [4.78, 5) is 46.5. The second-order valence-corrected chi connectivity index (χ2v) is 7.12. The Morgan fingerprint density at radius 3 is 2.96 bits per heavy atom. The number of rotatable bonds is 4. The Labute approximate surface area is 149 Å². The normalized spacial score (nSPS) is 17.7. The van der Waals surface area contributed by atoms with Crippen molar-refractivity contribution >= 4 is 33.4 Å². The van der Waals surface area contributed by atoms with Crippen LogP contribution in [0.15, 0.2) is 11.1 Å². The van der Waals surface area contributed by atoms with Crippen molar-refractivity contribution in [3.63, 3.8) is 0 Å². The maximum atomic E-state index is 13.1. The number of H-pyrrole nitrogens is 1. The summed E-state index contributed by atoms with van der Waals surface area (Å²) in [7, 11) is 0. The molecule has 1 unspecified atom stereocenters. The highest BCUT2D eigenvalue weighted by molar-refractivity contribution is 7.20. The van der Waals surface area contributed by atoms with Crippen molar-refractivity contribution in [1.29, 1.82) is 0 Å². The number of carbonyl (C=O) groups is 2. The summed E-state index contributed by atoms with van der Waals surface area (Å²) in [5.74, 6) is -0.410. The summed E-state index contributed by atoms with van der Waals surface area (Å²) in [6.07, 6.45) is 4.24. The van der Waals surface area contributed by atoms with Crippen molar-refractivity contribution in [2.75, 3.05) is 13.2 Å². The van der Waals surface area contributed by atoms with Crippen LogP contribution in [-0.4, -0.2) is 45.9 Å². The van der Waals surface area contributed by atoms with Gasteiger partial charge in [-0.1, -0.05) is 0 Å². The molecule has 0 aromatic carbocycles. The van der Waals surface area contributed by atoms with Crippen molar-refractivity contribution in [2.24, 2.45) is 0 Å². The van der Waals surface area contributed by atoms with E-state index in [2.05, 4.69) is 9.97 Å². The number of nitrogens with one attached hydrogen (secondary N) is 1. The Kier molecular flexibility index (Phi) is 5.17. The fourth-order valence-corrected chi connectivity index (χ4v) is 4.41. The number of likely N-dealkylation sites (tertiary alicyclic amines) is 1. The first kappa shape index (κ1) is 17.6. The van der Waals surface area contributed by atoms with E-state index in [1.165, 1.54) is 17.7 Å². The van der Waals surface area contributed by atoms with Crippen molar-refractivity contribution in [1.82, 2.24) is 14.9 Å². The van der Waals surface area contributed by atoms with E-state index >= 15 is 0 Å². The average molecular weight is 363 g/mol. The minimum Gasteiger partial charge on any atom is -0.466 e. The van der Waals surface area contributed by atoms with Gasteiger partial charge in [0.05, 0.1) is 29.6 Å². The van der Waals surface area contributed by atoms with E-state index < -0.39 is 0 Å². The van der Waals surface area contributed by atoms with Crippen LogP contribution in [0.3, 0.4) is 0 Å². The number of amides is 1. The number of thiophene rings is 1. The quantitative estimate of drug-likeness (QED) is 0.841. The molecule has 2 aromatic rings. The average Bonchev–Trinajstić information content (AvgIpc) is 2.93. The van der Waals surface area contributed by atoms with Gasteiger partial charge in [0.2, 0.25) is 0 Å². The number of fused-ring (bicyclic) bond motifs is 1. The predicted molar refractivity (Wildman–Crippen MR) is 94.9 cm³/mol. The molecule has 1 saturated heterocycles. The largest absolute Gasteiger partial charge is 0.466 e. The first-order valence-electron chi connectivity index (χ1n) is 8.46. The zero-order valence-corrected chi connectivity index (χ0v) is 15.1. The van der Waals surface area contributed by atoms with Gasteiger partial charge in [0.25, 0.3) is 11.5 Å². The van der Waals surface area contributed by atoms with Gasteiger partial charge in [-0.05, 0) is 38.7 Å². The Bertz CT molecular complexity index is 857. The molecule has 1 aliphatic rings. The maximum Gasteiger partial charge on any atom is 0.307 e. The molecule has 0 aliphatic carbocycles. The summed E-state index contributed by atoms with van der Waals surface area (Å²) in [6.45, 7) is 4.49. The number of carbonyl (C=O) groups excluding carboxylic acids is 2. The monoisotopic (exact) mass is 363 g/mol. The lowest BCUT2D eigenvalue weighted by atomic mass is 9.98. The number of aromatic amines is 1. The molecule has 1 N–H and O–H groups in total. The topological polar surface area (TPSA) is 92.4 Å². The molecule has 0 spiro atoms. The van der Waals surface area contributed by atoms with Crippen molar-refractivity contribution in [3.8, 4) is 0 Å². The molecule has 0 saturated carbocycles. The molecule has 1 amide bonds. The molecule has 1 atom stereocenters. The zero-order chi connectivity index (χ0) is 18.0. The number of nitrogens with zero attached hydrogens (tertiary/aromatic N) is 2. The van der Waals surface area contributed by atoms with Gasteiger partial charge < -0.3 is 14.6 Å². The summed E-state index contributed by atoms with van der Waals surface area (Å²) < 4.78 is 5.04. The Morgan fingerprint density at radius 2 is 2.24 bits per heavy atom. The number of piperidine rings is 1. The number of hydrogen-bond donors (Lipinski definition) is 1. The number of ether oxygens (including phenoxy) is 1. The SMILES string of the molecule is CCOC(=O)CC1CCCCN1C(=O)c1sc2nc[nH]c(=O)c2c1C. The minimum absolute atomic E-state index is 0.131. The third kappa shape index (κ3) is 3.44. The van der Waals surface area contributed by atoms with Gasteiger partial charge in [0.15, 0.2) is 0 Å². The molecule has 3 rings (SSSR count). The third-order valence-electron chi connectivity index (χ3n) is 4.52. The number of aryl methyl sites for hydroxylation is 1. The van der Waals surface area contributed by atoms with Gasteiger partial charge in [0, 0.05) is 12.6 Å². The lowest BCUT2D eigenvalue weighted by Crippen LogP contribution is -2.44. The van der Waals surface area contributed by atoms with E-state index in [1.54, 1.807) is 18.7 Å². The summed E-state index contributed by atoms with van der Waals surface area (Å²) >= 11 is 1.23. The molecule has 8 heteroatoms. The van der Waals surface area contributed by atoms with Crippen LogP contribution in [0.1, 0.15) is 47.8 Å². The van der Waals surface area contributed by atoms with E-state index in [4.69, 9.17) is 4.74 Å². The molecule has 0 bridgehead atoms. The maximum absolute atomic E-state index is 13.1. The Balaban J connectivity index is 1.90. The molecule has 25 heavy (non-hydrogen) atoms. The van der Waals surface area contributed by atoms with E-state index in [9.17, 15) is 14.4 Å². The zero-order valence-electron chi connectivity index (χ0n) is 14.3. The van der Waals surface area contributed by atoms with Crippen molar-refractivity contribution in [2.45, 2.75) is 45.6 Å². The lowest BCUT2D eigenvalue weighted by molar-refractivity contribution is -0.144. The second kappa shape index (κ2) is 7.35. The molecule has 1 aliphatic heterocycles. The molecule has 1 fully saturated rings. The van der Waals surface area contributed by atoms with Gasteiger partial charge in [-0.3, -0.25) is 14.4 Å². The molecule has 3 heterocycles. The fraction of sp³-hybridized carbons (Fsp3) is 0.529. The second-order valence-electron chi connectivity index (χ2n) is 6.13. The smallest absolute Gasteiger partial charge is 0.307 e. The standard InChI is InChI=1S/C17H21N3O4S/c1-3-24-12(21)8-11-6-4-5-7-20(11)17(23)14-10(2)13-15(22)18-9-19-16(13)25-14/h9,11H,3-8H2,1-2H3,(H,18,19,22). The molecule has 2 aromatic heterocycles. The van der Waals surface area contributed by atoms with Crippen LogP contribution < -0.4 is 5.56 Å². The Hall–Kier alpha value is -2.22. The number of hydrogen-bond acceptors (Lipinski definition) is 6. The summed E-state index contributed by atoms with van der Waals surface area (Å²) in [5.41, 5.74) is 0.416. The van der Waals surface area contributed by atoms with Crippen LogP contribution in [0.5, 0.6) is 0 Å².